The summed E-state index contributed by atoms with van der Waals surface area (Å²) in [7, 11) is 0. The van der Waals surface area contributed by atoms with Gasteiger partial charge in [-0.3, -0.25) is 9.59 Å². The Balaban J connectivity index is 1.50. The molecule has 0 saturated heterocycles. The number of hydrogen-bond acceptors (Lipinski definition) is 5. The first-order valence-electron chi connectivity index (χ1n) is 10.4. The van der Waals surface area contributed by atoms with Crippen molar-refractivity contribution in [2.24, 2.45) is 5.10 Å². The van der Waals surface area contributed by atoms with E-state index in [0.717, 1.165) is 28.4 Å². The number of hydrogen-bond donors (Lipinski definition) is 1. The molecule has 1 aromatic heterocycles. The Labute approximate surface area is 237 Å². The summed E-state index contributed by atoms with van der Waals surface area (Å²) < 4.78 is 9.53. The van der Waals surface area contributed by atoms with Crippen LogP contribution in [0.15, 0.2) is 69.0 Å². The average molecular weight is 757 g/mol. The SMILES string of the molecule is Cc1ccc(NC(=O)COc2c(I)cc(C=Nn3c(C)nc4ccc(Br)cc4c3=O)cc2I)cc1. The first-order chi connectivity index (χ1) is 16.7. The zero-order chi connectivity index (χ0) is 25.1. The smallest absolute Gasteiger partial charge is 0.282 e. The highest BCUT2D eigenvalue weighted by Crippen LogP contribution is 2.28. The molecule has 0 fully saturated rings. The summed E-state index contributed by atoms with van der Waals surface area (Å²) in [6.07, 6.45) is 1.61. The van der Waals surface area contributed by atoms with Gasteiger partial charge in [0, 0.05) is 10.2 Å². The normalized spacial score (nSPS) is 11.2. The Morgan fingerprint density at radius 1 is 1.11 bits per heavy atom. The Morgan fingerprint density at radius 2 is 1.80 bits per heavy atom. The van der Waals surface area contributed by atoms with Gasteiger partial charge in [-0.25, -0.2) is 4.98 Å². The highest BCUT2D eigenvalue weighted by molar-refractivity contribution is 14.1. The molecule has 7 nitrogen and oxygen atoms in total. The van der Waals surface area contributed by atoms with Crippen LogP contribution in [-0.4, -0.2) is 28.4 Å². The van der Waals surface area contributed by atoms with Crippen molar-refractivity contribution in [3.05, 3.63) is 93.5 Å². The molecule has 0 radical (unpaired) electrons. The maximum Gasteiger partial charge on any atom is 0.282 e. The van der Waals surface area contributed by atoms with Gasteiger partial charge in [0.2, 0.25) is 0 Å². The van der Waals surface area contributed by atoms with Crippen molar-refractivity contribution in [2.45, 2.75) is 13.8 Å². The van der Waals surface area contributed by atoms with Gasteiger partial charge in [-0.2, -0.15) is 9.78 Å². The van der Waals surface area contributed by atoms with Crippen LogP contribution in [0.25, 0.3) is 10.9 Å². The zero-order valence-electron chi connectivity index (χ0n) is 18.7. The van der Waals surface area contributed by atoms with Crippen LogP contribution < -0.4 is 15.6 Å². The van der Waals surface area contributed by atoms with Gasteiger partial charge in [-0.05, 0) is 107 Å². The van der Waals surface area contributed by atoms with Crippen LogP contribution in [0.2, 0.25) is 0 Å². The number of benzene rings is 3. The molecule has 4 aromatic rings. The lowest BCUT2D eigenvalue weighted by atomic mass is 10.2. The summed E-state index contributed by atoms with van der Waals surface area (Å²) in [5.74, 6) is 0.870. The van der Waals surface area contributed by atoms with Crippen LogP contribution in [0.4, 0.5) is 5.69 Å². The standard InChI is InChI=1S/C25H19BrI2N4O3/c1-14-3-6-18(7-4-14)31-23(33)13-35-24-20(27)9-16(10-21(24)28)12-29-32-15(2)30-22-8-5-17(26)11-19(22)25(32)34/h3-12H,13H2,1-2H3,(H,31,33). The van der Waals surface area contributed by atoms with Gasteiger partial charge in [0.1, 0.15) is 11.6 Å². The second kappa shape index (κ2) is 11.2. The molecule has 1 heterocycles. The maximum atomic E-state index is 12.9. The summed E-state index contributed by atoms with van der Waals surface area (Å²) in [5.41, 5.74) is 3.02. The molecule has 4 rings (SSSR count). The molecule has 3 aromatic carbocycles. The lowest BCUT2D eigenvalue weighted by molar-refractivity contribution is -0.118. The van der Waals surface area contributed by atoms with Crippen molar-refractivity contribution in [1.82, 2.24) is 9.66 Å². The van der Waals surface area contributed by atoms with Crippen molar-refractivity contribution in [3.8, 4) is 5.75 Å². The van der Waals surface area contributed by atoms with Gasteiger partial charge < -0.3 is 10.1 Å². The van der Waals surface area contributed by atoms with Gasteiger partial charge in [-0.15, -0.1) is 0 Å². The number of nitrogens with one attached hydrogen (secondary N) is 1. The van der Waals surface area contributed by atoms with Crippen molar-refractivity contribution < 1.29 is 9.53 Å². The molecule has 0 atom stereocenters. The number of aryl methyl sites for hydroxylation is 2. The van der Waals surface area contributed by atoms with Gasteiger partial charge in [0.25, 0.3) is 11.5 Å². The molecule has 178 valence electrons. The minimum atomic E-state index is -0.242. The van der Waals surface area contributed by atoms with Crippen LogP contribution >= 0.6 is 61.1 Å². The number of halogens is 3. The van der Waals surface area contributed by atoms with E-state index in [0.29, 0.717) is 22.5 Å². The number of carbonyl (C=O) groups is 1. The second-order valence-electron chi connectivity index (χ2n) is 7.70. The average Bonchev–Trinajstić information content (AvgIpc) is 2.80. The van der Waals surface area contributed by atoms with E-state index in [1.54, 1.807) is 25.3 Å². The van der Waals surface area contributed by atoms with Crippen LogP contribution in [0, 0.1) is 21.0 Å². The fourth-order valence-corrected chi connectivity index (χ4v) is 5.77. The van der Waals surface area contributed by atoms with E-state index in [2.05, 4.69) is 76.5 Å². The minimum Gasteiger partial charge on any atom is -0.482 e. The third-order valence-electron chi connectivity index (χ3n) is 5.00. The number of carbonyl (C=O) groups excluding carboxylic acids is 1. The number of fused-ring (bicyclic) bond motifs is 1. The van der Waals surface area contributed by atoms with Crippen molar-refractivity contribution in [3.63, 3.8) is 0 Å². The number of amides is 1. The lowest BCUT2D eigenvalue weighted by Crippen LogP contribution is -2.21. The molecule has 0 spiro atoms. The lowest BCUT2D eigenvalue weighted by Gasteiger charge is -2.12. The molecule has 0 aliphatic carbocycles. The molecule has 0 aliphatic rings. The summed E-state index contributed by atoms with van der Waals surface area (Å²) in [6.45, 7) is 3.62. The van der Waals surface area contributed by atoms with Crippen molar-refractivity contribution in [1.29, 1.82) is 0 Å². The van der Waals surface area contributed by atoms with Gasteiger partial charge in [0.15, 0.2) is 6.61 Å². The largest absolute Gasteiger partial charge is 0.482 e. The molecule has 35 heavy (non-hydrogen) atoms. The van der Waals surface area contributed by atoms with Gasteiger partial charge in [0.05, 0.1) is 24.3 Å². The highest BCUT2D eigenvalue weighted by Gasteiger charge is 2.12. The van der Waals surface area contributed by atoms with E-state index >= 15 is 0 Å². The minimum absolute atomic E-state index is 0.111. The number of rotatable bonds is 6. The van der Waals surface area contributed by atoms with Gasteiger partial charge >= 0.3 is 0 Å². The zero-order valence-corrected chi connectivity index (χ0v) is 24.6. The van der Waals surface area contributed by atoms with Gasteiger partial charge in [-0.1, -0.05) is 33.6 Å². The molecule has 0 bridgehead atoms. The van der Waals surface area contributed by atoms with E-state index in [4.69, 9.17) is 4.74 Å². The molecule has 0 saturated carbocycles. The van der Waals surface area contributed by atoms with E-state index in [-0.39, 0.29) is 18.1 Å². The quantitative estimate of drug-likeness (QED) is 0.197. The first-order valence-corrected chi connectivity index (χ1v) is 13.4. The number of anilines is 1. The predicted octanol–water partition coefficient (Wildman–Crippen LogP) is 5.88. The van der Waals surface area contributed by atoms with Crippen LogP contribution in [0.1, 0.15) is 17.0 Å². The highest BCUT2D eigenvalue weighted by atomic mass is 127. The second-order valence-corrected chi connectivity index (χ2v) is 10.9. The third-order valence-corrected chi connectivity index (χ3v) is 7.09. The Hall–Kier alpha value is -2.32. The van der Waals surface area contributed by atoms with Crippen LogP contribution in [0.3, 0.4) is 0 Å². The summed E-state index contributed by atoms with van der Waals surface area (Å²) in [4.78, 5) is 29.7. The summed E-state index contributed by atoms with van der Waals surface area (Å²) in [6, 6.07) is 16.7. The van der Waals surface area contributed by atoms with E-state index in [1.165, 1.54) is 4.68 Å². The molecular formula is C25H19BrI2N4O3. The first kappa shape index (κ1) is 25.8. The monoisotopic (exact) mass is 756 g/mol. The number of aromatic nitrogens is 2. The Kier molecular flexibility index (Phi) is 8.22. The summed E-state index contributed by atoms with van der Waals surface area (Å²) >= 11 is 7.71. The summed E-state index contributed by atoms with van der Waals surface area (Å²) in [5, 5.41) is 7.69. The van der Waals surface area contributed by atoms with Crippen molar-refractivity contribution >= 4 is 89.8 Å². The fourth-order valence-electron chi connectivity index (χ4n) is 3.28. The van der Waals surface area contributed by atoms with Crippen molar-refractivity contribution in [2.75, 3.05) is 11.9 Å². The predicted molar refractivity (Wildman–Crippen MR) is 159 cm³/mol. The molecule has 1 N–H and O–H groups in total. The molecule has 0 unspecified atom stereocenters. The molecular weight excluding hydrogens is 738 g/mol. The van der Waals surface area contributed by atoms with E-state index in [9.17, 15) is 9.59 Å². The van der Waals surface area contributed by atoms with Crippen LogP contribution in [0.5, 0.6) is 5.75 Å². The Bertz CT molecular complexity index is 1500. The van der Waals surface area contributed by atoms with E-state index < -0.39 is 0 Å². The topological polar surface area (TPSA) is 85.6 Å². The fraction of sp³-hybridized carbons (Fsp3) is 0.120. The third kappa shape index (κ3) is 6.28. The molecule has 10 heteroatoms. The number of ether oxygens (including phenoxy) is 1. The van der Waals surface area contributed by atoms with E-state index in [1.807, 2.05) is 49.4 Å². The molecule has 0 aliphatic heterocycles. The molecule has 1 amide bonds. The maximum absolute atomic E-state index is 12.9. The van der Waals surface area contributed by atoms with Crippen LogP contribution in [-0.2, 0) is 4.79 Å². The number of nitrogens with zero attached hydrogens (tertiary/aromatic N) is 3. The Morgan fingerprint density at radius 3 is 2.49 bits per heavy atom.